The summed E-state index contributed by atoms with van der Waals surface area (Å²) in [5.41, 5.74) is 0.320. The van der Waals surface area contributed by atoms with E-state index in [2.05, 4.69) is 15.0 Å². The van der Waals surface area contributed by atoms with Crippen molar-refractivity contribution in [3.63, 3.8) is 0 Å². The van der Waals surface area contributed by atoms with Crippen LogP contribution in [0.2, 0.25) is 0 Å². The lowest BCUT2D eigenvalue weighted by Gasteiger charge is -2.04. The van der Waals surface area contributed by atoms with E-state index in [1.165, 1.54) is 28.4 Å². The Morgan fingerprint density at radius 2 is 2.26 bits per heavy atom. The van der Waals surface area contributed by atoms with Crippen LogP contribution in [0.25, 0.3) is 10.2 Å². The van der Waals surface area contributed by atoms with E-state index in [-0.39, 0.29) is 17.7 Å². The van der Waals surface area contributed by atoms with E-state index in [0.29, 0.717) is 19.6 Å². The lowest BCUT2D eigenvalue weighted by Crippen LogP contribution is -2.25. The van der Waals surface area contributed by atoms with Gasteiger partial charge in [-0.2, -0.15) is 0 Å². The highest BCUT2D eigenvalue weighted by Gasteiger charge is 2.07. The fourth-order valence-electron chi connectivity index (χ4n) is 1.69. The minimum atomic E-state index is -0.179. The predicted molar refractivity (Wildman–Crippen MR) is 80.6 cm³/mol. The van der Waals surface area contributed by atoms with E-state index >= 15 is 0 Å². The number of hydrogen-bond donors (Lipinski definition) is 1. The summed E-state index contributed by atoms with van der Waals surface area (Å²) in [5, 5.41) is 1.82. The van der Waals surface area contributed by atoms with Gasteiger partial charge in [-0.3, -0.25) is 14.2 Å². The van der Waals surface area contributed by atoms with E-state index in [1.807, 2.05) is 28.0 Å². The fraction of sp³-hybridized carbons (Fsp3) is 0.0909. The number of H-pyrrole nitrogens is 1. The lowest BCUT2D eigenvalue weighted by atomic mass is 10.4. The second-order valence-electron chi connectivity index (χ2n) is 3.82. The van der Waals surface area contributed by atoms with Crippen LogP contribution in [0, 0.1) is 3.57 Å². The molecule has 3 aromatic heterocycles. The van der Waals surface area contributed by atoms with Gasteiger partial charge in [0.15, 0.2) is 0 Å². The van der Waals surface area contributed by atoms with Gasteiger partial charge in [0.1, 0.15) is 10.5 Å². The minimum Gasteiger partial charge on any atom is -0.308 e. The first-order valence-electron chi connectivity index (χ1n) is 5.31. The van der Waals surface area contributed by atoms with E-state index in [9.17, 15) is 9.59 Å². The highest BCUT2D eigenvalue weighted by molar-refractivity contribution is 14.1. The molecule has 3 aromatic rings. The molecule has 3 rings (SSSR count). The van der Waals surface area contributed by atoms with Crippen LogP contribution in [0.1, 0.15) is 5.82 Å². The molecule has 96 valence electrons. The zero-order valence-electron chi connectivity index (χ0n) is 9.46. The van der Waals surface area contributed by atoms with Crippen molar-refractivity contribution in [3.05, 3.63) is 54.1 Å². The van der Waals surface area contributed by atoms with Crippen molar-refractivity contribution in [1.82, 2.24) is 19.5 Å². The number of nitrogens with one attached hydrogen (secondary N) is 1. The van der Waals surface area contributed by atoms with Gasteiger partial charge in [0, 0.05) is 6.20 Å². The molecule has 0 aliphatic rings. The van der Waals surface area contributed by atoms with Crippen molar-refractivity contribution in [2.45, 2.75) is 6.54 Å². The van der Waals surface area contributed by atoms with Crippen LogP contribution in [-0.4, -0.2) is 19.5 Å². The lowest BCUT2D eigenvalue weighted by molar-refractivity contribution is 0.694. The van der Waals surface area contributed by atoms with Gasteiger partial charge < -0.3 is 4.98 Å². The van der Waals surface area contributed by atoms with Crippen LogP contribution in [0.15, 0.2) is 33.6 Å². The molecule has 0 spiro atoms. The SMILES string of the molecule is O=c1[nH]c(Cn2cncc(I)c2=O)nc2ccsc12. The second kappa shape index (κ2) is 4.85. The molecule has 0 aliphatic carbocycles. The molecular formula is C11H7IN4O2S. The summed E-state index contributed by atoms with van der Waals surface area (Å²) < 4.78 is 2.54. The first kappa shape index (κ1) is 12.5. The molecule has 0 amide bonds. The molecule has 0 radical (unpaired) electrons. The maximum absolute atomic E-state index is 11.9. The first-order chi connectivity index (χ1) is 9.15. The summed E-state index contributed by atoms with van der Waals surface area (Å²) in [6.45, 7) is 0.198. The number of nitrogens with zero attached hydrogens (tertiary/aromatic N) is 3. The maximum atomic E-state index is 11.9. The summed E-state index contributed by atoms with van der Waals surface area (Å²) in [6.07, 6.45) is 2.93. The smallest absolute Gasteiger partial charge is 0.268 e. The van der Waals surface area contributed by atoms with Gasteiger partial charge in [-0.25, -0.2) is 9.97 Å². The third-order valence-electron chi connectivity index (χ3n) is 2.54. The quantitative estimate of drug-likeness (QED) is 0.672. The van der Waals surface area contributed by atoms with Crippen LogP contribution >= 0.6 is 33.9 Å². The maximum Gasteiger partial charge on any atom is 0.268 e. The number of rotatable bonds is 2. The van der Waals surface area contributed by atoms with Crippen molar-refractivity contribution in [2.24, 2.45) is 0 Å². The fourth-order valence-corrected chi connectivity index (χ4v) is 2.89. The molecule has 0 saturated carbocycles. The Morgan fingerprint density at radius 3 is 3.11 bits per heavy atom. The Hall–Kier alpha value is -1.55. The Morgan fingerprint density at radius 1 is 1.42 bits per heavy atom. The Bertz CT molecular complexity index is 867. The first-order valence-corrected chi connectivity index (χ1v) is 7.27. The number of aromatic amines is 1. The summed E-state index contributed by atoms with van der Waals surface area (Å²) >= 11 is 3.27. The van der Waals surface area contributed by atoms with Crippen LogP contribution in [-0.2, 0) is 6.54 Å². The summed E-state index contributed by atoms with van der Waals surface area (Å²) in [4.78, 5) is 34.6. The van der Waals surface area contributed by atoms with Gasteiger partial charge in [-0.15, -0.1) is 11.3 Å². The highest BCUT2D eigenvalue weighted by atomic mass is 127. The average molecular weight is 386 g/mol. The zero-order chi connectivity index (χ0) is 13.4. The van der Waals surface area contributed by atoms with Crippen molar-refractivity contribution >= 4 is 44.1 Å². The third-order valence-corrected chi connectivity index (χ3v) is 4.19. The minimum absolute atomic E-state index is 0.149. The van der Waals surface area contributed by atoms with Gasteiger partial charge >= 0.3 is 0 Å². The number of hydrogen-bond acceptors (Lipinski definition) is 5. The summed E-state index contributed by atoms with van der Waals surface area (Å²) in [7, 11) is 0. The number of halogens is 1. The van der Waals surface area contributed by atoms with E-state index in [4.69, 9.17) is 0 Å². The van der Waals surface area contributed by atoms with Gasteiger partial charge in [-0.1, -0.05) is 0 Å². The highest BCUT2D eigenvalue weighted by Crippen LogP contribution is 2.13. The number of thiophene rings is 1. The van der Waals surface area contributed by atoms with Crippen LogP contribution in [0.3, 0.4) is 0 Å². The van der Waals surface area contributed by atoms with Crippen molar-refractivity contribution in [3.8, 4) is 0 Å². The van der Waals surface area contributed by atoms with Crippen molar-refractivity contribution in [2.75, 3.05) is 0 Å². The molecule has 0 atom stereocenters. The molecule has 8 heteroatoms. The molecule has 0 aromatic carbocycles. The van der Waals surface area contributed by atoms with E-state index in [0.717, 1.165) is 0 Å². The third kappa shape index (κ3) is 2.32. The number of aromatic nitrogens is 4. The largest absolute Gasteiger partial charge is 0.308 e. The molecule has 1 N–H and O–H groups in total. The Balaban J connectivity index is 2.08. The Kier molecular flexibility index (Phi) is 3.19. The normalized spacial score (nSPS) is 11.0. The van der Waals surface area contributed by atoms with E-state index in [1.54, 1.807) is 6.07 Å². The topological polar surface area (TPSA) is 80.6 Å². The second-order valence-corrected chi connectivity index (χ2v) is 5.90. The molecule has 19 heavy (non-hydrogen) atoms. The molecule has 0 unspecified atom stereocenters. The summed E-state index contributed by atoms with van der Waals surface area (Å²) in [5.74, 6) is 0.446. The van der Waals surface area contributed by atoms with Gasteiger partial charge in [0.25, 0.3) is 11.1 Å². The van der Waals surface area contributed by atoms with Gasteiger partial charge in [0.2, 0.25) is 0 Å². The molecule has 6 nitrogen and oxygen atoms in total. The molecular weight excluding hydrogens is 379 g/mol. The van der Waals surface area contributed by atoms with Crippen LogP contribution in [0.4, 0.5) is 0 Å². The van der Waals surface area contributed by atoms with Gasteiger partial charge in [0.05, 0.1) is 22.0 Å². The van der Waals surface area contributed by atoms with Crippen LogP contribution in [0.5, 0.6) is 0 Å². The molecule has 3 heterocycles. The average Bonchev–Trinajstić information content (AvgIpc) is 2.84. The van der Waals surface area contributed by atoms with Crippen molar-refractivity contribution in [1.29, 1.82) is 0 Å². The standard InChI is InChI=1S/C11H7IN4O2S/c12-6-3-13-5-16(11(6)18)4-8-14-7-1-2-19-9(7)10(17)15-8/h1-3,5H,4H2,(H,14,15,17). The summed E-state index contributed by atoms with van der Waals surface area (Å²) in [6, 6.07) is 1.79. The van der Waals surface area contributed by atoms with Crippen LogP contribution < -0.4 is 11.1 Å². The number of fused-ring (bicyclic) bond motifs is 1. The van der Waals surface area contributed by atoms with Gasteiger partial charge in [-0.05, 0) is 34.0 Å². The molecule has 0 bridgehead atoms. The van der Waals surface area contributed by atoms with Crippen molar-refractivity contribution < 1.29 is 0 Å². The zero-order valence-corrected chi connectivity index (χ0v) is 12.4. The monoisotopic (exact) mass is 386 g/mol. The molecule has 0 aliphatic heterocycles. The molecule has 0 fully saturated rings. The van der Waals surface area contributed by atoms with E-state index < -0.39 is 0 Å². The molecule has 0 saturated heterocycles. The Labute approximate surface area is 124 Å². The predicted octanol–water partition coefficient (Wildman–Crippen LogP) is 1.19.